The molecule has 1 aromatic rings. The lowest BCUT2D eigenvalue weighted by Gasteiger charge is -2.11. The maximum absolute atomic E-state index is 13.6. The van der Waals surface area contributed by atoms with E-state index in [1.165, 1.54) is 6.07 Å². The predicted octanol–water partition coefficient (Wildman–Crippen LogP) is 2.86. The molecule has 4 heteroatoms. The summed E-state index contributed by atoms with van der Waals surface area (Å²) >= 11 is 0. The fraction of sp³-hybridized carbons (Fsp3) is 0.538. The number of benzene rings is 1. The first-order chi connectivity index (χ1) is 8.06. The third-order valence-corrected chi connectivity index (χ3v) is 2.48. The minimum Gasteiger partial charge on any atom is -0.491 e. The topological polar surface area (TPSA) is 12.5 Å². The lowest BCUT2D eigenvalue weighted by molar-refractivity contribution is 0.313. The summed E-state index contributed by atoms with van der Waals surface area (Å²) < 4.78 is 32.2. The zero-order chi connectivity index (χ0) is 12.8. The van der Waals surface area contributed by atoms with Crippen LogP contribution in [-0.2, 0) is 6.42 Å². The van der Waals surface area contributed by atoms with Gasteiger partial charge in [0.2, 0.25) is 5.82 Å². The number of aryl methyl sites for hydroxylation is 1. The number of hydrogen-bond acceptors (Lipinski definition) is 2. The molecule has 2 nitrogen and oxygen atoms in total. The molecule has 17 heavy (non-hydrogen) atoms. The first kappa shape index (κ1) is 13.9. The molecule has 0 saturated carbocycles. The van der Waals surface area contributed by atoms with Crippen LogP contribution in [-0.4, -0.2) is 32.1 Å². The Morgan fingerprint density at radius 2 is 1.88 bits per heavy atom. The monoisotopic (exact) mass is 243 g/mol. The standard InChI is InChI=1S/C13H19F2NO/c1-4-17-11-8-7-10(12(14)13(11)15)6-5-9-16(2)3/h7-8H,4-6,9H2,1-3H3. The summed E-state index contributed by atoms with van der Waals surface area (Å²) in [6.45, 7) is 2.92. The van der Waals surface area contributed by atoms with Crippen molar-refractivity contribution in [2.75, 3.05) is 27.2 Å². The van der Waals surface area contributed by atoms with Crippen molar-refractivity contribution >= 4 is 0 Å². The lowest BCUT2D eigenvalue weighted by Crippen LogP contribution is -2.14. The molecule has 0 aliphatic carbocycles. The largest absolute Gasteiger partial charge is 0.491 e. The van der Waals surface area contributed by atoms with Gasteiger partial charge in [-0.3, -0.25) is 0 Å². The molecular formula is C13H19F2NO. The van der Waals surface area contributed by atoms with E-state index in [-0.39, 0.29) is 5.75 Å². The zero-order valence-corrected chi connectivity index (χ0v) is 10.6. The van der Waals surface area contributed by atoms with Gasteiger partial charge in [-0.1, -0.05) is 6.07 Å². The smallest absolute Gasteiger partial charge is 0.200 e. The third-order valence-electron chi connectivity index (χ3n) is 2.48. The summed E-state index contributed by atoms with van der Waals surface area (Å²) in [5, 5.41) is 0. The van der Waals surface area contributed by atoms with Crippen LogP contribution in [0.1, 0.15) is 18.9 Å². The second-order valence-corrected chi connectivity index (χ2v) is 4.19. The van der Waals surface area contributed by atoms with Gasteiger partial charge in [0.15, 0.2) is 11.6 Å². The van der Waals surface area contributed by atoms with Gasteiger partial charge in [-0.2, -0.15) is 4.39 Å². The van der Waals surface area contributed by atoms with E-state index in [1.54, 1.807) is 13.0 Å². The van der Waals surface area contributed by atoms with Gasteiger partial charge in [0.25, 0.3) is 0 Å². The van der Waals surface area contributed by atoms with E-state index >= 15 is 0 Å². The highest BCUT2D eigenvalue weighted by Gasteiger charge is 2.13. The number of hydrogen-bond donors (Lipinski definition) is 0. The average Bonchev–Trinajstić information content (AvgIpc) is 2.28. The summed E-state index contributed by atoms with van der Waals surface area (Å²) in [4.78, 5) is 2.02. The number of ether oxygens (including phenoxy) is 1. The predicted molar refractivity (Wildman–Crippen MR) is 64.4 cm³/mol. The van der Waals surface area contributed by atoms with Crippen LogP contribution in [0.25, 0.3) is 0 Å². The minimum absolute atomic E-state index is 0.0126. The Hall–Kier alpha value is -1.16. The Kier molecular flexibility index (Phi) is 5.35. The van der Waals surface area contributed by atoms with Crippen molar-refractivity contribution in [2.45, 2.75) is 19.8 Å². The van der Waals surface area contributed by atoms with E-state index < -0.39 is 11.6 Å². The molecule has 0 amide bonds. The van der Waals surface area contributed by atoms with Crippen LogP contribution < -0.4 is 4.74 Å². The van der Waals surface area contributed by atoms with Crippen LogP contribution in [0.3, 0.4) is 0 Å². The quantitative estimate of drug-likeness (QED) is 0.761. The van der Waals surface area contributed by atoms with Crippen molar-refractivity contribution in [1.82, 2.24) is 4.90 Å². The summed E-state index contributed by atoms with van der Waals surface area (Å²) in [6, 6.07) is 3.09. The first-order valence-corrected chi connectivity index (χ1v) is 5.80. The third kappa shape index (κ3) is 3.97. The van der Waals surface area contributed by atoms with E-state index in [9.17, 15) is 8.78 Å². The van der Waals surface area contributed by atoms with E-state index in [0.29, 0.717) is 18.6 Å². The van der Waals surface area contributed by atoms with Gasteiger partial charge in [0, 0.05) is 0 Å². The molecule has 0 heterocycles. The number of rotatable bonds is 6. The Morgan fingerprint density at radius 1 is 1.18 bits per heavy atom. The molecule has 0 fully saturated rings. The van der Waals surface area contributed by atoms with Crippen molar-refractivity contribution in [1.29, 1.82) is 0 Å². The second-order valence-electron chi connectivity index (χ2n) is 4.19. The van der Waals surface area contributed by atoms with E-state index in [2.05, 4.69) is 0 Å². The Bertz CT molecular complexity index is 367. The van der Waals surface area contributed by atoms with Crippen LogP contribution in [0.5, 0.6) is 5.75 Å². The molecule has 0 N–H and O–H groups in total. The van der Waals surface area contributed by atoms with Crippen molar-refractivity contribution in [3.63, 3.8) is 0 Å². The zero-order valence-electron chi connectivity index (χ0n) is 10.6. The highest BCUT2D eigenvalue weighted by atomic mass is 19.2. The van der Waals surface area contributed by atoms with Crippen molar-refractivity contribution < 1.29 is 13.5 Å². The van der Waals surface area contributed by atoms with Gasteiger partial charge in [-0.15, -0.1) is 0 Å². The molecule has 0 aromatic heterocycles. The fourth-order valence-corrected chi connectivity index (χ4v) is 1.62. The van der Waals surface area contributed by atoms with Crippen molar-refractivity contribution in [2.24, 2.45) is 0 Å². The Morgan fingerprint density at radius 3 is 2.47 bits per heavy atom. The Labute approximate surface area is 101 Å². The normalized spacial score (nSPS) is 10.9. The van der Waals surface area contributed by atoms with Crippen LogP contribution in [0.15, 0.2) is 12.1 Å². The molecule has 0 aliphatic heterocycles. The average molecular weight is 243 g/mol. The van der Waals surface area contributed by atoms with Gasteiger partial charge in [-0.25, -0.2) is 4.39 Å². The van der Waals surface area contributed by atoms with Gasteiger partial charge < -0.3 is 9.64 Å². The summed E-state index contributed by atoms with van der Waals surface area (Å²) in [7, 11) is 3.91. The van der Waals surface area contributed by atoms with Crippen LogP contribution >= 0.6 is 0 Å². The second kappa shape index (κ2) is 6.55. The summed E-state index contributed by atoms with van der Waals surface area (Å²) in [5.74, 6) is -1.68. The molecular weight excluding hydrogens is 224 g/mol. The van der Waals surface area contributed by atoms with Crippen LogP contribution in [0, 0.1) is 11.6 Å². The summed E-state index contributed by atoms with van der Waals surface area (Å²) in [6.07, 6.45) is 1.34. The first-order valence-electron chi connectivity index (χ1n) is 5.80. The van der Waals surface area contributed by atoms with Gasteiger partial charge >= 0.3 is 0 Å². The molecule has 96 valence electrons. The van der Waals surface area contributed by atoms with E-state index in [4.69, 9.17) is 4.74 Å². The van der Waals surface area contributed by atoms with Gasteiger partial charge in [0.05, 0.1) is 6.61 Å². The number of nitrogens with zero attached hydrogens (tertiary/aromatic N) is 1. The van der Waals surface area contributed by atoms with Crippen LogP contribution in [0.2, 0.25) is 0 Å². The van der Waals surface area contributed by atoms with Crippen LogP contribution in [0.4, 0.5) is 8.78 Å². The minimum atomic E-state index is -0.880. The molecule has 0 unspecified atom stereocenters. The maximum atomic E-state index is 13.6. The Balaban J connectivity index is 2.71. The van der Waals surface area contributed by atoms with E-state index in [1.807, 2.05) is 19.0 Å². The molecule has 0 bridgehead atoms. The molecule has 0 aliphatic rings. The fourth-order valence-electron chi connectivity index (χ4n) is 1.62. The van der Waals surface area contributed by atoms with Crippen molar-refractivity contribution in [3.05, 3.63) is 29.3 Å². The highest BCUT2D eigenvalue weighted by molar-refractivity contribution is 5.31. The highest BCUT2D eigenvalue weighted by Crippen LogP contribution is 2.23. The van der Waals surface area contributed by atoms with Gasteiger partial charge in [-0.05, 0) is 52.0 Å². The summed E-state index contributed by atoms with van der Waals surface area (Å²) in [5.41, 5.74) is 0.410. The molecule has 0 spiro atoms. The van der Waals surface area contributed by atoms with E-state index in [0.717, 1.165) is 13.0 Å². The van der Waals surface area contributed by atoms with Crippen molar-refractivity contribution in [3.8, 4) is 5.75 Å². The maximum Gasteiger partial charge on any atom is 0.200 e. The molecule has 0 radical (unpaired) electrons. The lowest BCUT2D eigenvalue weighted by atomic mass is 10.1. The molecule has 1 aromatic carbocycles. The molecule has 0 saturated heterocycles. The molecule has 0 atom stereocenters. The SMILES string of the molecule is CCOc1ccc(CCCN(C)C)c(F)c1F. The molecule has 1 rings (SSSR count). The van der Waals surface area contributed by atoms with Gasteiger partial charge in [0.1, 0.15) is 0 Å². The number of halogens is 2.